The molecule has 24 heavy (non-hydrogen) atoms. The van der Waals surface area contributed by atoms with Gasteiger partial charge in [-0.3, -0.25) is 19.8 Å². The van der Waals surface area contributed by atoms with E-state index in [1.165, 1.54) is 36.4 Å². The SMILES string of the molecule is O=C1/C(=C\c2cc([N+](=O)[O-])ccc2Cl)SC(=S)N1C1CCCCC1. The molecule has 0 N–H and O–H groups in total. The standard InChI is InChI=1S/C16H15ClN2O3S2/c17-13-7-6-12(19(21)22)8-10(13)9-14-15(20)18(16(23)24-14)11-4-2-1-3-5-11/h6-9,11H,1-5H2/b14-9+. The summed E-state index contributed by atoms with van der Waals surface area (Å²) in [7, 11) is 0. The normalized spacial score (nSPS) is 20.9. The maximum atomic E-state index is 12.7. The third kappa shape index (κ3) is 3.48. The second-order valence-corrected chi connectivity index (χ2v) is 7.89. The van der Waals surface area contributed by atoms with Crippen LogP contribution in [-0.2, 0) is 4.79 Å². The van der Waals surface area contributed by atoms with Crippen molar-refractivity contribution >= 4 is 57.6 Å². The summed E-state index contributed by atoms with van der Waals surface area (Å²) in [5, 5.41) is 11.3. The Morgan fingerprint density at radius 2 is 2.04 bits per heavy atom. The molecule has 1 aromatic carbocycles. The molecule has 1 aliphatic carbocycles. The minimum Gasteiger partial charge on any atom is -0.290 e. The van der Waals surface area contributed by atoms with Crippen LogP contribution < -0.4 is 0 Å². The topological polar surface area (TPSA) is 63.4 Å². The molecule has 0 bridgehead atoms. The molecule has 1 aliphatic heterocycles. The van der Waals surface area contributed by atoms with Gasteiger partial charge in [-0.1, -0.05) is 54.8 Å². The van der Waals surface area contributed by atoms with Crippen molar-refractivity contribution in [2.75, 3.05) is 0 Å². The van der Waals surface area contributed by atoms with Gasteiger partial charge < -0.3 is 0 Å². The van der Waals surface area contributed by atoms with Crippen molar-refractivity contribution in [2.24, 2.45) is 0 Å². The van der Waals surface area contributed by atoms with E-state index in [2.05, 4.69) is 0 Å². The van der Waals surface area contributed by atoms with Gasteiger partial charge in [0.25, 0.3) is 11.6 Å². The zero-order valence-corrected chi connectivity index (χ0v) is 15.1. The molecule has 8 heteroatoms. The van der Waals surface area contributed by atoms with Crippen LogP contribution in [0.2, 0.25) is 5.02 Å². The van der Waals surface area contributed by atoms with Crippen molar-refractivity contribution in [3.8, 4) is 0 Å². The van der Waals surface area contributed by atoms with Crippen molar-refractivity contribution < 1.29 is 9.72 Å². The lowest BCUT2D eigenvalue weighted by Gasteiger charge is -2.29. The number of benzene rings is 1. The van der Waals surface area contributed by atoms with Gasteiger partial charge in [0.15, 0.2) is 0 Å². The van der Waals surface area contributed by atoms with Crippen LogP contribution in [0.4, 0.5) is 5.69 Å². The fraction of sp³-hybridized carbons (Fsp3) is 0.375. The molecule has 0 atom stereocenters. The summed E-state index contributed by atoms with van der Waals surface area (Å²) in [6, 6.07) is 4.34. The number of rotatable bonds is 3. The number of halogens is 1. The predicted octanol–water partition coefficient (Wildman–Crippen LogP) is 4.78. The van der Waals surface area contributed by atoms with Crippen molar-refractivity contribution in [3.05, 3.63) is 43.8 Å². The van der Waals surface area contributed by atoms with Crippen LogP contribution in [0.3, 0.4) is 0 Å². The maximum absolute atomic E-state index is 12.7. The van der Waals surface area contributed by atoms with E-state index in [0.717, 1.165) is 25.7 Å². The number of hydrogen-bond acceptors (Lipinski definition) is 5. The Hall–Kier alpha value is -1.44. The Balaban J connectivity index is 1.89. The van der Waals surface area contributed by atoms with Crippen molar-refractivity contribution in [2.45, 2.75) is 38.1 Å². The lowest BCUT2D eigenvalue weighted by atomic mass is 9.94. The zero-order valence-electron chi connectivity index (χ0n) is 12.7. The average molecular weight is 383 g/mol. The van der Waals surface area contributed by atoms with E-state index < -0.39 is 4.92 Å². The number of nitrogens with zero attached hydrogens (tertiary/aromatic N) is 2. The van der Waals surface area contributed by atoms with Gasteiger partial charge in [0.05, 0.1) is 9.83 Å². The Labute approximate surface area is 154 Å². The van der Waals surface area contributed by atoms with Crippen LogP contribution in [-0.4, -0.2) is 26.1 Å². The van der Waals surface area contributed by atoms with E-state index in [4.69, 9.17) is 23.8 Å². The summed E-state index contributed by atoms with van der Waals surface area (Å²) in [5.74, 6) is -0.125. The molecule has 0 radical (unpaired) electrons. The third-order valence-corrected chi connectivity index (χ3v) is 5.91. The van der Waals surface area contributed by atoms with Crippen LogP contribution in [0.1, 0.15) is 37.7 Å². The summed E-state index contributed by atoms with van der Waals surface area (Å²) < 4.78 is 0.555. The number of non-ortho nitro benzene ring substituents is 1. The van der Waals surface area contributed by atoms with E-state index in [1.54, 1.807) is 11.0 Å². The van der Waals surface area contributed by atoms with Gasteiger partial charge in [-0.05, 0) is 25.0 Å². The van der Waals surface area contributed by atoms with Crippen LogP contribution in [0.25, 0.3) is 6.08 Å². The Bertz CT molecular complexity index is 745. The molecule has 2 fully saturated rings. The summed E-state index contributed by atoms with van der Waals surface area (Å²) in [4.78, 5) is 25.3. The van der Waals surface area contributed by atoms with Crippen LogP contribution >= 0.6 is 35.6 Å². The molecule has 1 amide bonds. The first-order valence-electron chi connectivity index (χ1n) is 7.68. The number of carbonyl (C=O) groups excluding carboxylic acids is 1. The number of hydrogen-bond donors (Lipinski definition) is 0. The van der Waals surface area contributed by atoms with E-state index in [1.807, 2.05) is 0 Å². The molecular formula is C16H15ClN2O3S2. The Kier molecular flexibility index (Phi) is 5.22. The van der Waals surface area contributed by atoms with Crippen molar-refractivity contribution in [1.82, 2.24) is 4.90 Å². The van der Waals surface area contributed by atoms with Gasteiger partial charge in [-0.15, -0.1) is 0 Å². The molecule has 126 valence electrons. The second kappa shape index (κ2) is 7.21. The number of nitro benzene ring substituents is 1. The van der Waals surface area contributed by atoms with Gasteiger partial charge in [0.2, 0.25) is 0 Å². The second-order valence-electron chi connectivity index (χ2n) is 5.81. The average Bonchev–Trinajstić information content (AvgIpc) is 2.84. The third-order valence-electron chi connectivity index (χ3n) is 4.24. The minimum absolute atomic E-state index is 0.0617. The summed E-state index contributed by atoms with van der Waals surface area (Å²) in [6.07, 6.45) is 6.95. The quantitative estimate of drug-likeness (QED) is 0.325. The first-order valence-corrected chi connectivity index (χ1v) is 9.28. The molecule has 0 spiro atoms. The molecule has 1 saturated heterocycles. The number of thiocarbonyl (C=S) groups is 1. The lowest BCUT2D eigenvalue weighted by Crippen LogP contribution is -2.39. The molecule has 1 aromatic rings. The summed E-state index contributed by atoms with van der Waals surface area (Å²) in [6.45, 7) is 0. The van der Waals surface area contributed by atoms with Gasteiger partial charge in [0.1, 0.15) is 4.32 Å². The first kappa shape index (κ1) is 17.4. The monoisotopic (exact) mass is 382 g/mol. The number of carbonyl (C=O) groups is 1. The van der Waals surface area contributed by atoms with Gasteiger partial charge in [-0.25, -0.2) is 0 Å². The van der Waals surface area contributed by atoms with Crippen LogP contribution in [0.15, 0.2) is 23.1 Å². The number of nitro groups is 1. The van der Waals surface area contributed by atoms with E-state index >= 15 is 0 Å². The fourth-order valence-electron chi connectivity index (χ4n) is 3.03. The number of thioether (sulfide) groups is 1. The Morgan fingerprint density at radius 1 is 1.33 bits per heavy atom. The van der Waals surface area contributed by atoms with E-state index in [-0.39, 0.29) is 17.6 Å². The van der Waals surface area contributed by atoms with Crippen molar-refractivity contribution in [1.29, 1.82) is 0 Å². The maximum Gasteiger partial charge on any atom is 0.270 e. The van der Waals surface area contributed by atoms with Gasteiger partial charge >= 0.3 is 0 Å². The highest BCUT2D eigenvalue weighted by atomic mass is 35.5. The van der Waals surface area contributed by atoms with Crippen molar-refractivity contribution in [3.63, 3.8) is 0 Å². The molecule has 2 aliphatic rings. The molecule has 0 unspecified atom stereocenters. The van der Waals surface area contributed by atoms with Crippen LogP contribution in [0, 0.1) is 10.1 Å². The van der Waals surface area contributed by atoms with E-state index in [0.29, 0.717) is 19.8 Å². The Morgan fingerprint density at radius 3 is 2.71 bits per heavy atom. The first-order chi connectivity index (χ1) is 11.5. The van der Waals surface area contributed by atoms with Gasteiger partial charge in [-0.2, -0.15) is 0 Å². The molecular weight excluding hydrogens is 368 g/mol. The molecule has 3 rings (SSSR count). The van der Waals surface area contributed by atoms with Crippen LogP contribution in [0.5, 0.6) is 0 Å². The molecule has 1 heterocycles. The zero-order chi connectivity index (χ0) is 17.3. The largest absolute Gasteiger partial charge is 0.290 e. The predicted molar refractivity (Wildman–Crippen MR) is 100.0 cm³/mol. The summed E-state index contributed by atoms with van der Waals surface area (Å²) in [5.41, 5.74) is 0.392. The summed E-state index contributed by atoms with van der Waals surface area (Å²) >= 11 is 12.7. The highest BCUT2D eigenvalue weighted by Crippen LogP contribution is 2.38. The molecule has 0 aromatic heterocycles. The minimum atomic E-state index is -0.485. The smallest absolute Gasteiger partial charge is 0.270 e. The highest BCUT2D eigenvalue weighted by molar-refractivity contribution is 8.26. The lowest BCUT2D eigenvalue weighted by molar-refractivity contribution is -0.384. The molecule has 1 saturated carbocycles. The van der Waals surface area contributed by atoms with E-state index in [9.17, 15) is 14.9 Å². The van der Waals surface area contributed by atoms with Gasteiger partial charge in [0, 0.05) is 28.8 Å². The number of amides is 1. The fourth-order valence-corrected chi connectivity index (χ4v) is 4.59. The highest BCUT2D eigenvalue weighted by Gasteiger charge is 2.37. The molecule has 5 nitrogen and oxygen atoms in total.